The summed E-state index contributed by atoms with van der Waals surface area (Å²) in [5.74, 6) is -1.25. The van der Waals surface area contributed by atoms with Crippen molar-refractivity contribution in [3.05, 3.63) is 34.9 Å². The summed E-state index contributed by atoms with van der Waals surface area (Å²) in [6.45, 7) is 4.04. The fourth-order valence-electron chi connectivity index (χ4n) is 1.89. The molecule has 0 saturated carbocycles. The predicted molar refractivity (Wildman–Crippen MR) is 67.7 cm³/mol. The van der Waals surface area contributed by atoms with Gasteiger partial charge in [0.15, 0.2) is 0 Å². The largest absolute Gasteiger partial charge is 0.481 e. The first-order valence-corrected chi connectivity index (χ1v) is 6.09. The Labute approximate surface area is 107 Å². The van der Waals surface area contributed by atoms with Crippen LogP contribution in [0.3, 0.4) is 0 Å². The predicted octanol–water partition coefficient (Wildman–Crippen LogP) is 2.44. The van der Waals surface area contributed by atoms with Crippen molar-refractivity contribution in [2.24, 2.45) is 0 Å². The minimum absolute atomic E-state index is 0.0173. The van der Waals surface area contributed by atoms with Crippen LogP contribution in [-0.2, 0) is 22.4 Å². The molecule has 0 amide bonds. The van der Waals surface area contributed by atoms with E-state index >= 15 is 0 Å². The maximum absolute atomic E-state index is 11.8. The number of rotatable bonds is 6. The highest BCUT2D eigenvalue weighted by Gasteiger charge is 2.15. The summed E-state index contributed by atoms with van der Waals surface area (Å²) < 4.78 is 4.99. The Bertz CT molecular complexity index is 437. The summed E-state index contributed by atoms with van der Waals surface area (Å²) in [6, 6.07) is 5.41. The lowest BCUT2D eigenvalue weighted by atomic mass is 9.95. The van der Waals surface area contributed by atoms with Crippen LogP contribution in [0.5, 0.6) is 0 Å². The standard InChI is InChI=1S/C14H18O4/c1-3-10-6-5-7-12(14(17)18-4-2)11(10)8-9-13(15)16/h5-7H,3-4,8-9H2,1-2H3,(H,15,16). The fourth-order valence-corrected chi connectivity index (χ4v) is 1.89. The Morgan fingerprint density at radius 3 is 2.56 bits per heavy atom. The van der Waals surface area contributed by atoms with Crippen LogP contribution in [-0.4, -0.2) is 23.7 Å². The van der Waals surface area contributed by atoms with E-state index in [0.29, 0.717) is 18.6 Å². The summed E-state index contributed by atoms with van der Waals surface area (Å²) in [5, 5.41) is 8.76. The molecule has 4 nitrogen and oxygen atoms in total. The molecule has 0 aliphatic rings. The number of carbonyl (C=O) groups is 2. The molecule has 98 valence electrons. The second-order valence-electron chi connectivity index (χ2n) is 3.91. The van der Waals surface area contributed by atoms with Crippen molar-refractivity contribution in [1.82, 2.24) is 0 Å². The number of aryl methyl sites for hydroxylation is 1. The quantitative estimate of drug-likeness (QED) is 0.788. The number of carbonyl (C=O) groups excluding carboxylic acids is 1. The van der Waals surface area contributed by atoms with E-state index in [1.54, 1.807) is 19.1 Å². The molecule has 4 heteroatoms. The summed E-state index contributed by atoms with van der Waals surface area (Å²) in [4.78, 5) is 22.5. The number of carboxylic acid groups (broad SMARTS) is 1. The number of hydrogen-bond donors (Lipinski definition) is 1. The Hall–Kier alpha value is -1.84. The Morgan fingerprint density at radius 1 is 1.28 bits per heavy atom. The van der Waals surface area contributed by atoms with Crippen LogP contribution in [0.4, 0.5) is 0 Å². The van der Waals surface area contributed by atoms with Crippen LogP contribution in [0.25, 0.3) is 0 Å². The van der Waals surface area contributed by atoms with E-state index in [1.807, 2.05) is 13.0 Å². The molecule has 1 aromatic carbocycles. The van der Waals surface area contributed by atoms with Gasteiger partial charge in [0, 0.05) is 6.42 Å². The SMILES string of the molecule is CCOC(=O)c1cccc(CC)c1CCC(=O)O. The van der Waals surface area contributed by atoms with E-state index in [4.69, 9.17) is 9.84 Å². The number of esters is 1. The van der Waals surface area contributed by atoms with Crippen LogP contribution in [0, 0.1) is 0 Å². The van der Waals surface area contributed by atoms with E-state index < -0.39 is 5.97 Å². The smallest absolute Gasteiger partial charge is 0.338 e. The highest BCUT2D eigenvalue weighted by atomic mass is 16.5. The van der Waals surface area contributed by atoms with E-state index in [2.05, 4.69) is 0 Å². The summed E-state index contributed by atoms with van der Waals surface area (Å²) >= 11 is 0. The van der Waals surface area contributed by atoms with Crippen molar-refractivity contribution in [3.63, 3.8) is 0 Å². The Morgan fingerprint density at radius 2 is 2.00 bits per heavy atom. The van der Waals surface area contributed by atoms with Crippen molar-refractivity contribution < 1.29 is 19.4 Å². The molecule has 0 radical (unpaired) electrons. The van der Waals surface area contributed by atoms with Crippen LogP contribution >= 0.6 is 0 Å². The first kappa shape index (κ1) is 14.2. The molecule has 1 aromatic rings. The molecule has 0 bridgehead atoms. The number of aliphatic carboxylic acids is 1. The van der Waals surface area contributed by atoms with Gasteiger partial charge in [-0.05, 0) is 37.0 Å². The Kier molecular flexibility index (Phi) is 5.36. The van der Waals surface area contributed by atoms with Gasteiger partial charge >= 0.3 is 11.9 Å². The topological polar surface area (TPSA) is 63.6 Å². The maximum atomic E-state index is 11.8. The third-order valence-electron chi connectivity index (χ3n) is 2.74. The zero-order valence-electron chi connectivity index (χ0n) is 10.7. The van der Waals surface area contributed by atoms with Gasteiger partial charge in [0.2, 0.25) is 0 Å². The molecule has 0 fully saturated rings. The summed E-state index contributed by atoms with van der Waals surface area (Å²) in [7, 11) is 0. The van der Waals surface area contributed by atoms with Gasteiger partial charge < -0.3 is 9.84 Å². The van der Waals surface area contributed by atoms with Gasteiger partial charge in [-0.2, -0.15) is 0 Å². The molecular formula is C14H18O4. The van der Waals surface area contributed by atoms with Crippen molar-refractivity contribution >= 4 is 11.9 Å². The van der Waals surface area contributed by atoms with Gasteiger partial charge in [-0.25, -0.2) is 4.79 Å². The lowest BCUT2D eigenvalue weighted by Gasteiger charge is -2.12. The van der Waals surface area contributed by atoms with Crippen LogP contribution in [0.2, 0.25) is 0 Å². The minimum atomic E-state index is -0.865. The van der Waals surface area contributed by atoms with Crippen LogP contribution in [0.1, 0.15) is 41.8 Å². The molecule has 0 heterocycles. The van der Waals surface area contributed by atoms with Crippen molar-refractivity contribution in [2.45, 2.75) is 33.1 Å². The molecule has 1 N–H and O–H groups in total. The van der Waals surface area contributed by atoms with Crippen molar-refractivity contribution in [2.75, 3.05) is 6.61 Å². The van der Waals surface area contributed by atoms with E-state index in [9.17, 15) is 9.59 Å². The highest BCUT2D eigenvalue weighted by molar-refractivity contribution is 5.91. The van der Waals surface area contributed by atoms with Gasteiger partial charge in [-0.15, -0.1) is 0 Å². The van der Waals surface area contributed by atoms with E-state index in [-0.39, 0.29) is 12.4 Å². The normalized spacial score (nSPS) is 10.1. The van der Waals surface area contributed by atoms with Gasteiger partial charge in [0.05, 0.1) is 12.2 Å². The molecule has 0 aliphatic heterocycles. The second kappa shape index (κ2) is 6.79. The molecule has 1 rings (SSSR count). The molecule has 0 atom stereocenters. The first-order valence-electron chi connectivity index (χ1n) is 6.09. The maximum Gasteiger partial charge on any atom is 0.338 e. The monoisotopic (exact) mass is 250 g/mol. The fraction of sp³-hybridized carbons (Fsp3) is 0.429. The summed E-state index contributed by atoms with van der Waals surface area (Å²) in [6.07, 6.45) is 1.14. The third-order valence-corrected chi connectivity index (χ3v) is 2.74. The molecule has 0 unspecified atom stereocenters. The molecule has 18 heavy (non-hydrogen) atoms. The van der Waals surface area contributed by atoms with Gasteiger partial charge in [-0.1, -0.05) is 19.1 Å². The molecule has 0 saturated heterocycles. The number of ether oxygens (including phenoxy) is 1. The molecule has 0 aliphatic carbocycles. The second-order valence-corrected chi connectivity index (χ2v) is 3.91. The lowest BCUT2D eigenvalue weighted by Crippen LogP contribution is -2.11. The number of hydrogen-bond acceptors (Lipinski definition) is 3. The molecular weight excluding hydrogens is 232 g/mol. The van der Waals surface area contributed by atoms with Crippen molar-refractivity contribution in [1.29, 1.82) is 0 Å². The lowest BCUT2D eigenvalue weighted by molar-refractivity contribution is -0.136. The van der Waals surface area contributed by atoms with Gasteiger partial charge in [0.1, 0.15) is 0 Å². The minimum Gasteiger partial charge on any atom is -0.481 e. The van der Waals surface area contributed by atoms with Gasteiger partial charge in [-0.3, -0.25) is 4.79 Å². The van der Waals surface area contributed by atoms with Gasteiger partial charge in [0.25, 0.3) is 0 Å². The Balaban J connectivity index is 3.07. The zero-order valence-corrected chi connectivity index (χ0v) is 10.7. The average Bonchev–Trinajstić information content (AvgIpc) is 2.36. The molecule has 0 spiro atoms. The average molecular weight is 250 g/mol. The number of carboxylic acids is 1. The van der Waals surface area contributed by atoms with E-state index in [0.717, 1.165) is 17.5 Å². The summed E-state index contributed by atoms with van der Waals surface area (Å²) in [5.41, 5.74) is 2.28. The zero-order chi connectivity index (χ0) is 13.5. The van der Waals surface area contributed by atoms with E-state index in [1.165, 1.54) is 0 Å². The molecule has 0 aromatic heterocycles. The highest BCUT2D eigenvalue weighted by Crippen LogP contribution is 2.19. The van der Waals surface area contributed by atoms with Crippen LogP contribution < -0.4 is 0 Å². The third kappa shape index (κ3) is 3.58. The van der Waals surface area contributed by atoms with Crippen molar-refractivity contribution in [3.8, 4) is 0 Å². The van der Waals surface area contributed by atoms with Crippen LogP contribution in [0.15, 0.2) is 18.2 Å². The number of benzene rings is 1. The first-order chi connectivity index (χ1) is 8.60.